The van der Waals surface area contributed by atoms with Gasteiger partial charge in [0.15, 0.2) is 0 Å². The van der Waals surface area contributed by atoms with Crippen LogP contribution in [0, 0.1) is 6.92 Å². The smallest absolute Gasteiger partial charge is 0.338 e. The zero-order chi connectivity index (χ0) is 10.6. The van der Waals surface area contributed by atoms with Crippen molar-refractivity contribution < 1.29 is 14.7 Å². The Morgan fingerprint density at radius 2 is 2.29 bits per heavy atom. The summed E-state index contributed by atoms with van der Waals surface area (Å²) < 4.78 is 4.59. The van der Waals surface area contributed by atoms with E-state index in [0.29, 0.717) is 5.56 Å². The van der Waals surface area contributed by atoms with E-state index in [1.165, 1.54) is 13.3 Å². The minimum atomic E-state index is -0.366. The van der Waals surface area contributed by atoms with Crippen LogP contribution >= 0.6 is 0 Å². The summed E-state index contributed by atoms with van der Waals surface area (Å²) in [6, 6.07) is 5.06. The lowest BCUT2D eigenvalue weighted by molar-refractivity contribution is 0.0600. The molecule has 0 aromatic heterocycles. The molecule has 0 atom stereocenters. The molecule has 0 radical (unpaired) electrons. The summed E-state index contributed by atoms with van der Waals surface area (Å²) in [5, 5.41) is 11.2. The van der Waals surface area contributed by atoms with Gasteiger partial charge in [0.1, 0.15) is 0 Å². The topological polar surface area (TPSA) is 58.9 Å². The Morgan fingerprint density at radius 3 is 2.79 bits per heavy atom. The van der Waals surface area contributed by atoms with Crippen LogP contribution in [0.4, 0.5) is 0 Å². The highest BCUT2D eigenvalue weighted by Gasteiger charge is 2.08. The molecule has 0 aliphatic carbocycles. The van der Waals surface area contributed by atoms with E-state index < -0.39 is 0 Å². The molecule has 0 amide bonds. The molecule has 0 unspecified atom stereocenters. The number of nitrogens with zero attached hydrogens (tertiary/aromatic N) is 1. The van der Waals surface area contributed by atoms with Crippen LogP contribution in [0.5, 0.6) is 0 Å². The van der Waals surface area contributed by atoms with Crippen LogP contribution in [0.2, 0.25) is 0 Å². The number of benzene rings is 1. The Morgan fingerprint density at radius 1 is 1.57 bits per heavy atom. The van der Waals surface area contributed by atoms with E-state index in [1.54, 1.807) is 25.1 Å². The maximum absolute atomic E-state index is 11.2. The second kappa shape index (κ2) is 4.41. The molecule has 0 spiro atoms. The summed E-state index contributed by atoms with van der Waals surface area (Å²) in [6.45, 7) is 1.79. The first-order chi connectivity index (χ1) is 6.69. The monoisotopic (exact) mass is 193 g/mol. The van der Waals surface area contributed by atoms with Crippen molar-refractivity contribution in [1.29, 1.82) is 0 Å². The fraction of sp³-hybridized carbons (Fsp3) is 0.200. The molecule has 1 aromatic carbocycles. The van der Waals surface area contributed by atoms with Gasteiger partial charge in [0.05, 0.1) is 18.9 Å². The van der Waals surface area contributed by atoms with Gasteiger partial charge in [-0.15, -0.1) is 0 Å². The minimum absolute atomic E-state index is 0.366. The second-order valence-electron chi connectivity index (χ2n) is 2.81. The quantitative estimate of drug-likeness (QED) is 0.336. The molecule has 0 saturated heterocycles. The molecule has 14 heavy (non-hydrogen) atoms. The van der Waals surface area contributed by atoms with E-state index in [9.17, 15) is 4.79 Å². The van der Waals surface area contributed by atoms with Gasteiger partial charge < -0.3 is 9.94 Å². The van der Waals surface area contributed by atoms with Crippen molar-refractivity contribution in [3.8, 4) is 0 Å². The molecule has 0 heterocycles. The molecule has 0 aliphatic rings. The fourth-order valence-corrected chi connectivity index (χ4v) is 1.17. The number of hydrogen-bond acceptors (Lipinski definition) is 4. The van der Waals surface area contributed by atoms with E-state index in [0.717, 1.165) is 11.1 Å². The largest absolute Gasteiger partial charge is 0.465 e. The standard InChI is InChI=1S/C10H11NO3/c1-7-5-8(6-11-13)3-4-9(7)10(12)14-2/h3-6,13H,1-2H3/b11-6-. The molecule has 1 N–H and O–H groups in total. The van der Waals surface area contributed by atoms with Crippen molar-refractivity contribution in [1.82, 2.24) is 0 Å². The molecule has 0 saturated carbocycles. The van der Waals surface area contributed by atoms with Crippen molar-refractivity contribution in [3.63, 3.8) is 0 Å². The van der Waals surface area contributed by atoms with Crippen LogP contribution in [0.3, 0.4) is 0 Å². The zero-order valence-corrected chi connectivity index (χ0v) is 8.02. The third kappa shape index (κ3) is 2.10. The van der Waals surface area contributed by atoms with Crippen LogP contribution in [0.1, 0.15) is 21.5 Å². The number of hydrogen-bond donors (Lipinski definition) is 1. The molecule has 4 nitrogen and oxygen atoms in total. The van der Waals surface area contributed by atoms with Crippen molar-refractivity contribution >= 4 is 12.2 Å². The van der Waals surface area contributed by atoms with Gasteiger partial charge in [-0.1, -0.05) is 11.2 Å². The third-order valence-electron chi connectivity index (χ3n) is 1.86. The average molecular weight is 193 g/mol. The molecular formula is C10H11NO3. The van der Waals surface area contributed by atoms with E-state index in [1.807, 2.05) is 0 Å². The van der Waals surface area contributed by atoms with Gasteiger partial charge >= 0.3 is 5.97 Å². The first-order valence-electron chi connectivity index (χ1n) is 4.05. The van der Waals surface area contributed by atoms with Gasteiger partial charge in [-0.25, -0.2) is 4.79 Å². The first kappa shape index (κ1) is 10.2. The Labute approximate surface area is 81.8 Å². The van der Waals surface area contributed by atoms with Crippen LogP contribution in [0.25, 0.3) is 0 Å². The van der Waals surface area contributed by atoms with Gasteiger partial charge in [-0.05, 0) is 30.2 Å². The van der Waals surface area contributed by atoms with Gasteiger partial charge in [0, 0.05) is 0 Å². The Kier molecular flexibility index (Phi) is 3.23. The van der Waals surface area contributed by atoms with Crippen molar-refractivity contribution in [3.05, 3.63) is 34.9 Å². The maximum atomic E-state index is 11.2. The summed E-state index contributed by atoms with van der Waals surface area (Å²) in [5.74, 6) is -0.366. The third-order valence-corrected chi connectivity index (χ3v) is 1.86. The number of ether oxygens (including phenoxy) is 1. The van der Waals surface area contributed by atoms with Crippen LogP contribution in [-0.4, -0.2) is 24.5 Å². The summed E-state index contributed by atoms with van der Waals surface area (Å²) in [6.07, 6.45) is 1.30. The maximum Gasteiger partial charge on any atom is 0.338 e. The number of esters is 1. The predicted molar refractivity (Wildman–Crippen MR) is 51.9 cm³/mol. The van der Waals surface area contributed by atoms with E-state index >= 15 is 0 Å². The van der Waals surface area contributed by atoms with Crippen LogP contribution in [-0.2, 0) is 4.74 Å². The highest BCUT2D eigenvalue weighted by molar-refractivity contribution is 5.92. The average Bonchev–Trinajstić information content (AvgIpc) is 2.17. The Bertz CT molecular complexity index is 372. The number of rotatable bonds is 2. The normalized spacial score (nSPS) is 10.4. The lowest BCUT2D eigenvalue weighted by atomic mass is 10.1. The van der Waals surface area contributed by atoms with Gasteiger partial charge in [-0.2, -0.15) is 0 Å². The second-order valence-corrected chi connectivity index (χ2v) is 2.81. The van der Waals surface area contributed by atoms with E-state index in [2.05, 4.69) is 9.89 Å². The zero-order valence-electron chi connectivity index (χ0n) is 8.02. The molecule has 74 valence electrons. The minimum Gasteiger partial charge on any atom is -0.465 e. The number of carbonyl (C=O) groups is 1. The summed E-state index contributed by atoms with van der Waals surface area (Å²) in [4.78, 5) is 11.2. The van der Waals surface area contributed by atoms with Crippen LogP contribution in [0.15, 0.2) is 23.4 Å². The van der Waals surface area contributed by atoms with Gasteiger partial charge in [0.25, 0.3) is 0 Å². The van der Waals surface area contributed by atoms with Crippen LogP contribution < -0.4 is 0 Å². The molecule has 0 fully saturated rings. The van der Waals surface area contributed by atoms with Gasteiger partial charge in [-0.3, -0.25) is 0 Å². The molecule has 0 bridgehead atoms. The van der Waals surface area contributed by atoms with E-state index in [4.69, 9.17) is 5.21 Å². The molecule has 4 heteroatoms. The molecule has 1 rings (SSSR count). The van der Waals surface area contributed by atoms with Crippen molar-refractivity contribution in [2.45, 2.75) is 6.92 Å². The summed E-state index contributed by atoms with van der Waals surface area (Å²) in [7, 11) is 1.34. The van der Waals surface area contributed by atoms with Gasteiger partial charge in [0.2, 0.25) is 0 Å². The Balaban J connectivity index is 3.07. The molecule has 1 aromatic rings. The SMILES string of the molecule is COC(=O)c1ccc(/C=N\O)cc1C. The lowest BCUT2D eigenvalue weighted by Crippen LogP contribution is -2.03. The molecule has 0 aliphatic heterocycles. The predicted octanol–water partition coefficient (Wildman–Crippen LogP) is 1.59. The summed E-state index contributed by atoms with van der Waals surface area (Å²) >= 11 is 0. The van der Waals surface area contributed by atoms with E-state index in [-0.39, 0.29) is 5.97 Å². The highest BCUT2D eigenvalue weighted by atomic mass is 16.5. The fourth-order valence-electron chi connectivity index (χ4n) is 1.17. The highest BCUT2D eigenvalue weighted by Crippen LogP contribution is 2.10. The summed E-state index contributed by atoms with van der Waals surface area (Å²) in [5.41, 5.74) is 2.04. The molecular weight excluding hydrogens is 182 g/mol. The lowest BCUT2D eigenvalue weighted by Gasteiger charge is -2.03. The first-order valence-corrected chi connectivity index (χ1v) is 4.05. The number of oxime groups is 1. The number of methoxy groups -OCH3 is 1. The van der Waals surface area contributed by atoms with Crippen molar-refractivity contribution in [2.75, 3.05) is 7.11 Å². The number of aryl methyl sites for hydroxylation is 1. The van der Waals surface area contributed by atoms with Crippen molar-refractivity contribution in [2.24, 2.45) is 5.16 Å². The Hall–Kier alpha value is -1.84. The number of carbonyl (C=O) groups excluding carboxylic acids is 1.